The minimum absolute atomic E-state index is 0.166. The fraction of sp³-hybridized carbons (Fsp3) is 0.0952. The lowest BCUT2D eigenvalue weighted by Crippen LogP contribution is -2.46. The van der Waals surface area contributed by atoms with Gasteiger partial charge in [0.25, 0.3) is 5.91 Å². The van der Waals surface area contributed by atoms with Gasteiger partial charge in [-0.2, -0.15) is 0 Å². The molecule has 3 N–H and O–H groups in total. The monoisotopic (exact) mass is 393 g/mol. The van der Waals surface area contributed by atoms with Gasteiger partial charge in [0.05, 0.1) is 4.88 Å². The number of hydrogen-bond donors (Lipinski definition) is 3. The quantitative estimate of drug-likeness (QED) is 0.421. The van der Waals surface area contributed by atoms with E-state index in [2.05, 4.69) is 16.0 Å². The van der Waals surface area contributed by atoms with Gasteiger partial charge in [0.2, 0.25) is 11.7 Å². The second-order valence-electron chi connectivity index (χ2n) is 6.02. The number of Topliss-reactive ketones (excluding diaryl/α,β-unsaturated/α-hetero) is 1. The first-order chi connectivity index (χ1) is 13.5. The van der Waals surface area contributed by atoms with Crippen molar-refractivity contribution in [2.75, 3.05) is 10.6 Å². The first kappa shape index (κ1) is 19.3. The van der Waals surface area contributed by atoms with E-state index < -0.39 is 6.17 Å². The van der Waals surface area contributed by atoms with E-state index in [4.69, 9.17) is 0 Å². The van der Waals surface area contributed by atoms with Crippen LogP contribution in [0.3, 0.4) is 0 Å². The molecule has 0 bridgehead atoms. The van der Waals surface area contributed by atoms with E-state index in [9.17, 15) is 14.4 Å². The third-order valence-electron chi connectivity index (χ3n) is 3.86. The Labute approximate surface area is 166 Å². The van der Waals surface area contributed by atoms with Crippen LogP contribution in [-0.4, -0.2) is 23.8 Å². The third-order valence-corrected chi connectivity index (χ3v) is 4.73. The predicted octanol–water partition coefficient (Wildman–Crippen LogP) is 3.76. The van der Waals surface area contributed by atoms with Gasteiger partial charge in [0, 0.05) is 23.9 Å². The van der Waals surface area contributed by atoms with E-state index in [1.807, 2.05) is 6.07 Å². The topological polar surface area (TPSA) is 87.3 Å². The summed E-state index contributed by atoms with van der Waals surface area (Å²) in [7, 11) is 0. The highest BCUT2D eigenvalue weighted by Gasteiger charge is 2.23. The number of thiophene rings is 1. The second-order valence-corrected chi connectivity index (χ2v) is 6.96. The van der Waals surface area contributed by atoms with Crippen molar-refractivity contribution in [3.8, 4) is 0 Å². The molecule has 0 radical (unpaired) electrons. The first-order valence-corrected chi connectivity index (χ1v) is 9.49. The van der Waals surface area contributed by atoms with Crippen molar-refractivity contribution in [3.63, 3.8) is 0 Å². The summed E-state index contributed by atoms with van der Waals surface area (Å²) < 4.78 is 0. The molecule has 1 atom stereocenters. The molecule has 2 amide bonds. The summed E-state index contributed by atoms with van der Waals surface area (Å²) in [4.78, 5) is 37.1. The molecular formula is C21H19N3O3S. The summed E-state index contributed by atoms with van der Waals surface area (Å²) in [5.41, 5.74) is 1.77. The smallest absolute Gasteiger partial charge is 0.263 e. The van der Waals surface area contributed by atoms with Crippen LogP contribution in [-0.2, 0) is 4.79 Å². The van der Waals surface area contributed by atoms with Crippen molar-refractivity contribution >= 4 is 40.3 Å². The van der Waals surface area contributed by atoms with Crippen LogP contribution in [0, 0.1) is 0 Å². The van der Waals surface area contributed by atoms with Gasteiger partial charge >= 0.3 is 0 Å². The van der Waals surface area contributed by atoms with Crippen LogP contribution in [0.25, 0.3) is 0 Å². The molecule has 28 heavy (non-hydrogen) atoms. The van der Waals surface area contributed by atoms with Gasteiger partial charge in [-0.1, -0.05) is 36.4 Å². The number of benzene rings is 2. The Morgan fingerprint density at radius 3 is 2.14 bits per heavy atom. The first-order valence-electron chi connectivity index (χ1n) is 8.61. The molecule has 2 aromatic carbocycles. The zero-order valence-corrected chi connectivity index (χ0v) is 16.0. The molecule has 0 saturated heterocycles. The molecule has 0 spiro atoms. The van der Waals surface area contributed by atoms with Crippen molar-refractivity contribution in [1.82, 2.24) is 5.32 Å². The average molecular weight is 393 g/mol. The zero-order valence-electron chi connectivity index (χ0n) is 15.1. The molecule has 0 saturated carbocycles. The van der Waals surface area contributed by atoms with Crippen molar-refractivity contribution in [2.24, 2.45) is 0 Å². The van der Waals surface area contributed by atoms with Gasteiger partial charge in [-0.15, -0.1) is 11.3 Å². The fourth-order valence-electron chi connectivity index (χ4n) is 2.57. The van der Waals surface area contributed by atoms with Crippen LogP contribution in [0.1, 0.15) is 27.0 Å². The van der Waals surface area contributed by atoms with Gasteiger partial charge in [-0.3, -0.25) is 14.4 Å². The molecule has 7 heteroatoms. The molecule has 142 valence electrons. The third kappa shape index (κ3) is 5.05. The normalized spacial score (nSPS) is 11.3. The Kier molecular flexibility index (Phi) is 6.18. The Morgan fingerprint density at radius 1 is 0.857 bits per heavy atom. The minimum atomic E-state index is -0.941. The maximum Gasteiger partial charge on any atom is 0.263 e. The summed E-state index contributed by atoms with van der Waals surface area (Å²) in [6, 6.07) is 19.1. The van der Waals surface area contributed by atoms with E-state index in [-0.39, 0.29) is 17.6 Å². The maximum absolute atomic E-state index is 12.9. The number of hydrogen-bond acceptors (Lipinski definition) is 5. The second kappa shape index (κ2) is 8.96. The summed E-state index contributed by atoms with van der Waals surface area (Å²) in [6.07, 6.45) is -0.941. The average Bonchev–Trinajstić information content (AvgIpc) is 3.23. The molecule has 0 aliphatic heterocycles. The summed E-state index contributed by atoms with van der Waals surface area (Å²) in [5.74, 6) is -0.746. The van der Waals surface area contributed by atoms with Crippen LogP contribution in [0.5, 0.6) is 0 Å². The zero-order chi connectivity index (χ0) is 19.9. The highest BCUT2D eigenvalue weighted by Crippen LogP contribution is 2.16. The van der Waals surface area contributed by atoms with Gasteiger partial charge < -0.3 is 16.0 Å². The van der Waals surface area contributed by atoms with Crippen molar-refractivity contribution in [1.29, 1.82) is 0 Å². The highest BCUT2D eigenvalue weighted by molar-refractivity contribution is 7.12. The number of nitrogens with one attached hydrogen (secondary N) is 3. The molecular weight excluding hydrogens is 374 g/mol. The molecule has 3 rings (SSSR count). The van der Waals surface area contributed by atoms with Crippen LogP contribution in [0.2, 0.25) is 0 Å². The van der Waals surface area contributed by atoms with E-state index in [0.717, 1.165) is 0 Å². The van der Waals surface area contributed by atoms with E-state index in [1.54, 1.807) is 66.0 Å². The maximum atomic E-state index is 12.9. The number of carbonyl (C=O) groups excluding carboxylic acids is 3. The molecule has 6 nitrogen and oxygen atoms in total. The van der Waals surface area contributed by atoms with Gasteiger partial charge in [0.15, 0.2) is 6.17 Å². The molecule has 0 unspecified atom stereocenters. The Balaban J connectivity index is 1.80. The Morgan fingerprint density at radius 2 is 1.54 bits per heavy atom. The van der Waals surface area contributed by atoms with Gasteiger partial charge in [-0.05, 0) is 35.7 Å². The molecule has 1 heterocycles. The SMILES string of the molecule is CC(=O)Nc1ccc(N[C@@H](NC(=O)c2cccs2)C(=O)c2ccccc2)cc1. The summed E-state index contributed by atoms with van der Waals surface area (Å²) in [6.45, 7) is 1.43. The summed E-state index contributed by atoms with van der Waals surface area (Å²) >= 11 is 1.30. The predicted molar refractivity (Wildman–Crippen MR) is 111 cm³/mol. The standard InChI is InChI=1S/C21H19N3O3S/c1-14(25)22-16-9-11-17(12-10-16)23-20(19(26)15-6-3-2-4-7-15)24-21(27)18-8-5-13-28-18/h2-13,20,23H,1H3,(H,22,25)(H,24,27)/t20-/m0/s1. The summed E-state index contributed by atoms with van der Waals surface area (Å²) in [5, 5.41) is 10.3. The molecule has 0 fully saturated rings. The van der Waals surface area contributed by atoms with Crippen LogP contribution in [0.15, 0.2) is 72.1 Å². The van der Waals surface area contributed by atoms with Crippen molar-refractivity contribution in [3.05, 3.63) is 82.6 Å². The highest BCUT2D eigenvalue weighted by atomic mass is 32.1. The lowest BCUT2D eigenvalue weighted by Gasteiger charge is -2.20. The van der Waals surface area contributed by atoms with Gasteiger partial charge in [-0.25, -0.2) is 0 Å². The Bertz CT molecular complexity index is 954. The number of carbonyl (C=O) groups is 3. The number of rotatable bonds is 7. The molecule has 0 aliphatic rings. The fourth-order valence-corrected chi connectivity index (χ4v) is 3.19. The van der Waals surface area contributed by atoms with E-state index in [1.165, 1.54) is 18.3 Å². The molecule has 0 aliphatic carbocycles. The van der Waals surface area contributed by atoms with Crippen LogP contribution in [0.4, 0.5) is 11.4 Å². The van der Waals surface area contributed by atoms with E-state index in [0.29, 0.717) is 21.8 Å². The van der Waals surface area contributed by atoms with Gasteiger partial charge in [0.1, 0.15) is 0 Å². The largest absolute Gasteiger partial charge is 0.359 e. The van der Waals surface area contributed by atoms with Crippen LogP contribution >= 0.6 is 11.3 Å². The minimum Gasteiger partial charge on any atom is -0.359 e. The lowest BCUT2D eigenvalue weighted by molar-refractivity contribution is -0.114. The number of amides is 2. The van der Waals surface area contributed by atoms with Crippen molar-refractivity contribution < 1.29 is 14.4 Å². The van der Waals surface area contributed by atoms with E-state index >= 15 is 0 Å². The molecule has 1 aromatic heterocycles. The molecule has 3 aromatic rings. The Hall–Kier alpha value is -3.45. The van der Waals surface area contributed by atoms with Crippen LogP contribution < -0.4 is 16.0 Å². The lowest BCUT2D eigenvalue weighted by atomic mass is 10.1. The number of ketones is 1. The van der Waals surface area contributed by atoms with Crippen molar-refractivity contribution in [2.45, 2.75) is 13.1 Å². The number of anilines is 2.